The largest absolute Gasteiger partial charge is 0.478 e. The number of nitrogens with zero attached hydrogens (tertiary/aromatic N) is 3. The number of hydrogen-bond acceptors (Lipinski definition) is 5. The molecule has 3 N–H and O–H groups in total. The Morgan fingerprint density at radius 3 is 2.85 bits per heavy atom. The van der Waals surface area contributed by atoms with Gasteiger partial charge in [0.1, 0.15) is 11.5 Å². The van der Waals surface area contributed by atoms with Gasteiger partial charge in [0.15, 0.2) is 0 Å². The highest BCUT2D eigenvalue weighted by Crippen LogP contribution is 2.33. The van der Waals surface area contributed by atoms with E-state index in [2.05, 4.69) is 25.3 Å². The van der Waals surface area contributed by atoms with E-state index in [4.69, 9.17) is 16.7 Å². The molecule has 0 bridgehead atoms. The normalized spacial score (nSPS) is 10.9. The van der Waals surface area contributed by atoms with E-state index < -0.39 is 5.97 Å². The maximum Gasteiger partial charge on any atom is 0.337 e. The Bertz CT molecular complexity index is 1130. The first-order chi connectivity index (χ1) is 13.1. The van der Waals surface area contributed by atoms with Gasteiger partial charge in [0.2, 0.25) is 0 Å². The molecule has 0 aliphatic carbocycles. The van der Waals surface area contributed by atoms with E-state index in [0.29, 0.717) is 23.7 Å². The van der Waals surface area contributed by atoms with Crippen LogP contribution >= 0.6 is 11.6 Å². The van der Waals surface area contributed by atoms with E-state index in [1.54, 1.807) is 12.4 Å². The van der Waals surface area contributed by atoms with Gasteiger partial charge in [-0.25, -0.2) is 9.78 Å². The summed E-state index contributed by atoms with van der Waals surface area (Å²) in [4.78, 5) is 27.3. The van der Waals surface area contributed by atoms with Crippen LogP contribution in [-0.4, -0.2) is 31.0 Å². The Morgan fingerprint density at radius 2 is 2.11 bits per heavy atom. The molecule has 7 nitrogen and oxygen atoms in total. The highest BCUT2D eigenvalue weighted by molar-refractivity contribution is 6.33. The Kier molecular flexibility index (Phi) is 4.43. The number of rotatable bonds is 5. The third-order valence-corrected chi connectivity index (χ3v) is 4.34. The van der Waals surface area contributed by atoms with Crippen LogP contribution in [0.5, 0.6) is 0 Å². The minimum absolute atomic E-state index is 0.0385. The summed E-state index contributed by atoms with van der Waals surface area (Å²) in [5.41, 5.74) is 2.85. The van der Waals surface area contributed by atoms with E-state index in [1.165, 1.54) is 12.3 Å². The molecule has 0 spiro atoms. The molecular formula is C19H14ClN5O2. The number of carboxylic acid groups (broad SMARTS) is 1. The molecule has 0 atom stereocenters. The molecule has 0 aliphatic rings. The van der Waals surface area contributed by atoms with Crippen molar-refractivity contribution in [3.05, 3.63) is 71.3 Å². The van der Waals surface area contributed by atoms with E-state index in [9.17, 15) is 4.79 Å². The maximum atomic E-state index is 11.1. The quantitative estimate of drug-likeness (QED) is 0.484. The van der Waals surface area contributed by atoms with Crippen molar-refractivity contribution in [1.82, 2.24) is 19.9 Å². The molecule has 0 saturated carbocycles. The average molecular weight is 380 g/mol. The molecule has 0 unspecified atom stereocenters. The van der Waals surface area contributed by atoms with Gasteiger partial charge in [0.25, 0.3) is 0 Å². The van der Waals surface area contributed by atoms with Crippen molar-refractivity contribution in [1.29, 1.82) is 0 Å². The number of fused-ring (bicyclic) bond motifs is 1. The van der Waals surface area contributed by atoms with Crippen molar-refractivity contribution in [2.75, 3.05) is 5.32 Å². The monoisotopic (exact) mass is 379 g/mol. The number of pyridine rings is 3. The second-order valence-corrected chi connectivity index (χ2v) is 6.24. The van der Waals surface area contributed by atoms with Crippen molar-refractivity contribution in [3.63, 3.8) is 0 Å². The van der Waals surface area contributed by atoms with E-state index in [0.717, 1.165) is 16.6 Å². The van der Waals surface area contributed by atoms with Crippen LogP contribution in [0.2, 0.25) is 5.02 Å². The number of H-pyrrole nitrogens is 1. The van der Waals surface area contributed by atoms with Gasteiger partial charge < -0.3 is 15.4 Å². The second kappa shape index (κ2) is 7.05. The van der Waals surface area contributed by atoms with Crippen molar-refractivity contribution in [2.45, 2.75) is 6.54 Å². The third kappa shape index (κ3) is 3.45. The maximum absolute atomic E-state index is 11.1. The van der Waals surface area contributed by atoms with Gasteiger partial charge >= 0.3 is 5.97 Å². The molecule has 134 valence electrons. The molecule has 4 aromatic rings. The molecular weight excluding hydrogens is 366 g/mol. The van der Waals surface area contributed by atoms with Crippen LogP contribution in [0.3, 0.4) is 0 Å². The Hall–Kier alpha value is -3.45. The number of aromatic carboxylic acids is 1. The van der Waals surface area contributed by atoms with Gasteiger partial charge in [-0.2, -0.15) is 0 Å². The van der Waals surface area contributed by atoms with Crippen LogP contribution in [0.1, 0.15) is 16.1 Å². The first-order valence-electron chi connectivity index (χ1n) is 8.13. The van der Waals surface area contributed by atoms with Crippen molar-refractivity contribution in [3.8, 4) is 11.3 Å². The summed E-state index contributed by atoms with van der Waals surface area (Å²) in [5, 5.41) is 13.5. The molecule has 27 heavy (non-hydrogen) atoms. The SMILES string of the molecule is O=C(O)c1cnc(-c2cc(NCc3ccccn3)nc3[nH]ccc23)c(Cl)c1. The predicted octanol–water partition coefficient (Wildman–Crippen LogP) is 3.98. The minimum atomic E-state index is -1.07. The number of hydrogen-bond donors (Lipinski definition) is 3. The highest BCUT2D eigenvalue weighted by atomic mass is 35.5. The zero-order valence-electron chi connectivity index (χ0n) is 14.0. The van der Waals surface area contributed by atoms with Crippen LogP contribution < -0.4 is 5.32 Å². The molecule has 4 aromatic heterocycles. The summed E-state index contributed by atoms with van der Waals surface area (Å²) in [6.45, 7) is 0.513. The first kappa shape index (κ1) is 17.0. The zero-order chi connectivity index (χ0) is 18.8. The number of aromatic amines is 1. The lowest BCUT2D eigenvalue weighted by Crippen LogP contribution is -2.04. The zero-order valence-corrected chi connectivity index (χ0v) is 14.7. The van der Waals surface area contributed by atoms with E-state index in [-0.39, 0.29) is 10.6 Å². The van der Waals surface area contributed by atoms with Gasteiger partial charge in [-0.15, -0.1) is 0 Å². The van der Waals surface area contributed by atoms with Crippen LogP contribution in [-0.2, 0) is 6.54 Å². The summed E-state index contributed by atoms with van der Waals surface area (Å²) in [6, 6.07) is 10.8. The summed E-state index contributed by atoms with van der Waals surface area (Å²) < 4.78 is 0. The van der Waals surface area contributed by atoms with Crippen molar-refractivity contribution >= 4 is 34.4 Å². The smallest absolute Gasteiger partial charge is 0.337 e. The minimum Gasteiger partial charge on any atom is -0.478 e. The predicted molar refractivity (Wildman–Crippen MR) is 103 cm³/mol. The fraction of sp³-hybridized carbons (Fsp3) is 0.0526. The Labute approximate surface area is 159 Å². The number of carbonyl (C=O) groups is 1. The summed E-state index contributed by atoms with van der Waals surface area (Å²) in [7, 11) is 0. The van der Waals surface area contributed by atoms with Gasteiger partial charge in [-0.05, 0) is 30.3 Å². The Balaban J connectivity index is 1.74. The lowest BCUT2D eigenvalue weighted by atomic mass is 10.1. The summed E-state index contributed by atoms with van der Waals surface area (Å²) >= 11 is 6.31. The van der Waals surface area contributed by atoms with Crippen LogP contribution in [0.4, 0.5) is 5.82 Å². The van der Waals surface area contributed by atoms with Gasteiger partial charge in [-0.3, -0.25) is 9.97 Å². The lowest BCUT2D eigenvalue weighted by molar-refractivity contribution is 0.0696. The molecule has 0 radical (unpaired) electrons. The van der Waals surface area contributed by atoms with Crippen molar-refractivity contribution < 1.29 is 9.90 Å². The average Bonchev–Trinajstić information content (AvgIpc) is 3.15. The number of anilines is 1. The van der Waals surface area contributed by atoms with Gasteiger partial charge in [0.05, 0.1) is 28.5 Å². The highest BCUT2D eigenvalue weighted by Gasteiger charge is 2.15. The standard InChI is InChI=1S/C19H14ClN5O2/c20-15-7-11(19(26)27)9-24-17(15)14-8-16(25-18-13(14)4-6-22-18)23-10-12-3-1-2-5-21-12/h1-9H,10H2,(H,26,27)(H2,22,23,25). The second-order valence-electron chi connectivity index (χ2n) is 5.83. The topological polar surface area (TPSA) is 104 Å². The first-order valence-corrected chi connectivity index (χ1v) is 8.51. The van der Waals surface area contributed by atoms with Crippen molar-refractivity contribution in [2.24, 2.45) is 0 Å². The summed E-state index contributed by atoms with van der Waals surface area (Å²) in [5.74, 6) is -0.444. The van der Waals surface area contributed by atoms with Crippen LogP contribution in [0, 0.1) is 0 Å². The third-order valence-electron chi connectivity index (χ3n) is 4.05. The number of nitrogens with one attached hydrogen (secondary N) is 2. The molecule has 0 saturated heterocycles. The van der Waals surface area contributed by atoms with E-state index >= 15 is 0 Å². The number of halogens is 1. The molecule has 4 heterocycles. The number of aromatic nitrogens is 4. The molecule has 0 aliphatic heterocycles. The molecule has 4 rings (SSSR count). The molecule has 0 fully saturated rings. The Morgan fingerprint density at radius 1 is 1.22 bits per heavy atom. The van der Waals surface area contributed by atoms with Crippen LogP contribution in [0.25, 0.3) is 22.3 Å². The van der Waals surface area contributed by atoms with E-state index in [1.807, 2.05) is 30.3 Å². The molecule has 0 amide bonds. The van der Waals surface area contributed by atoms with Gasteiger partial charge in [0, 0.05) is 29.5 Å². The molecule has 0 aromatic carbocycles. The number of carboxylic acids is 1. The fourth-order valence-corrected chi connectivity index (χ4v) is 3.03. The summed E-state index contributed by atoms with van der Waals surface area (Å²) in [6.07, 6.45) is 4.81. The van der Waals surface area contributed by atoms with Crippen LogP contribution in [0.15, 0.2) is 55.0 Å². The lowest BCUT2D eigenvalue weighted by Gasteiger charge is -2.10. The molecule has 8 heteroatoms. The van der Waals surface area contributed by atoms with Gasteiger partial charge in [-0.1, -0.05) is 17.7 Å². The fourth-order valence-electron chi connectivity index (χ4n) is 2.76.